The van der Waals surface area contributed by atoms with Crippen molar-refractivity contribution in [2.45, 2.75) is 51.6 Å². The van der Waals surface area contributed by atoms with E-state index >= 15 is 0 Å². The summed E-state index contributed by atoms with van der Waals surface area (Å²) in [5.74, 6) is 0.518. The highest BCUT2D eigenvalue weighted by molar-refractivity contribution is 7.99. The maximum atomic E-state index is 12.9. The number of benzene rings is 2. The van der Waals surface area contributed by atoms with Crippen LogP contribution >= 0.6 is 23.1 Å². The molecule has 4 aromatic rings. The van der Waals surface area contributed by atoms with Crippen LogP contribution in [-0.4, -0.2) is 21.6 Å². The number of para-hydroxylation sites is 1. The molecular weight excluding hydrogens is 462 g/mol. The first kappa shape index (κ1) is 24.2. The smallest absolute Gasteiger partial charge is 0.260 e. The van der Waals surface area contributed by atoms with E-state index in [0.29, 0.717) is 21.3 Å². The van der Waals surface area contributed by atoms with Crippen molar-refractivity contribution in [1.29, 1.82) is 0 Å². The zero-order chi connectivity index (χ0) is 24.2. The number of thiophene rings is 1. The zero-order valence-corrected chi connectivity index (χ0v) is 21.5. The van der Waals surface area contributed by atoms with Gasteiger partial charge >= 0.3 is 0 Å². The topological polar surface area (TPSA) is 74.8 Å². The third-order valence-electron chi connectivity index (χ3n) is 5.91. The summed E-state index contributed by atoms with van der Waals surface area (Å²) < 4.78 is 0. The molecule has 2 heterocycles. The van der Waals surface area contributed by atoms with E-state index in [1.807, 2.05) is 23.6 Å². The SMILES string of the molecule is CCc1cccc(CC)c1NC(=O)CSc1nc2scc(-c3ccc(C(C)C)cc3)c2c(=O)[nH]1. The summed E-state index contributed by atoms with van der Waals surface area (Å²) in [6, 6.07) is 14.4. The van der Waals surface area contributed by atoms with Gasteiger partial charge in [-0.3, -0.25) is 9.59 Å². The molecule has 4 rings (SSSR count). The minimum Gasteiger partial charge on any atom is -0.325 e. The first-order valence-electron chi connectivity index (χ1n) is 11.6. The third-order valence-corrected chi connectivity index (χ3v) is 7.66. The number of anilines is 1. The predicted molar refractivity (Wildman–Crippen MR) is 144 cm³/mol. The number of hydrogen-bond acceptors (Lipinski definition) is 5. The molecule has 176 valence electrons. The summed E-state index contributed by atoms with van der Waals surface area (Å²) in [7, 11) is 0. The molecule has 7 heteroatoms. The molecule has 5 nitrogen and oxygen atoms in total. The van der Waals surface area contributed by atoms with Crippen LogP contribution in [0, 0.1) is 0 Å². The molecule has 0 atom stereocenters. The average molecular weight is 492 g/mol. The minimum absolute atomic E-state index is 0.111. The number of carbonyl (C=O) groups is 1. The van der Waals surface area contributed by atoms with E-state index in [1.54, 1.807) is 0 Å². The van der Waals surface area contributed by atoms with Crippen molar-refractivity contribution in [1.82, 2.24) is 9.97 Å². The fourth-order valence-corrected chi connectivity index (χ4v) is 5.64. The van der Waals surface area contributed by atoms with Crippen molar-refractivity contribution in [3.05, 3.63) is 74.9 Å². The van der Waals surface area contributed by atoms with Gasteiger partial charge in [0.25, 0.3) is 5.56 Å². The minimum atomic E-state index is -0.179. The van der Waals surface area contributed by atoms with Crippen LogP contribution in [0.4, 0.5) is 5.69 Å². The summed E-state index contributed by atoms with van der Waals surface area (Å²) in [5, 5.41) is 6.09. The second-order valence-corrected chi connectivity index (χ2v) is 10.3. The molecule has 0 saturated heterocycles. The lowest BCUT2D eigenvalue weighted by Gasteiger charge is -2.14. The van der Waals surface area contributed by atoms with Crippen molar-refractivity contribution in [2.24, 2.45) is 0 Å². The maximum absolute atomic E-state index is 12.9. The number of thioether (sulfide) groups is 1. The molecule has 2 N–H and O–H groups in total. The van der Waals surface area contributed by atoms with Crippen molar-refractivity contribution in [3.63, 3.8) is 0 Å². The van der Waals surface area contributed by atoms with E-state index in [9.17, 15) is 9.59 Å². The van der Waals surface area contributed by atoms with Crippen LogP contribution in [0.3, 0.4) is 0 Å². The Labute approximate surface area is 208 Å². The number of amides is 1. The number of carbonyl (C=O) groups excluding carboxylic acids is 1. The lowest BCUT2D eigenvalue weighted by Crippen LogP contribution is -2.17. The Hall–Kier alpha value is -2.90. The van der Waals surface area contributed by atoms with Gasteiger partial charge in [-0.05, 0) is 41.0 Å². The Morgan fingerprint density at radius 1 is 1.09 bits per heavy atom. The molecule has 0 aliphatic carbocycles. The van der Waals surface area contributed by atoms with Crippen molar-refractivity contribution in [3.8, 4) is 11.1 Å². The number of aromatic amines is 1. The summed E-state index contributed by atoms with van der Waals surface area (Å²) in [6.45, 7) is 8.48. The molecule has 34 heavy (non-hydrogen) atoms. The molecule has 0 bridgehead atoms. The van der Waals surface area contributed by atoms with E-state index in [0.717, 1.165) is 40.8 Å². The Balaban J connectivity index is 1.51. The van der Waals surface area contributed by atoms with Crippen LogP contribution in [0.15, 0.2) is 57.8 Å². The molecule has 0 aliphatic rings. The molecule has 1 amide bonds. The van der Waals surface area contributed by atoms with Gasteiger partial charge in [0.2, 0.25) is 5.91 Å². The predicted octanol–water partition coefficient (Wildman–Crippen LogP) is 6.63. The number of aryl methyl sites for hydroxylation is 2. The number of rotatable bonds is 8. The fourth-order valence-electron chi connectivity index (χ4n) is 3.97. The van der Waals surface area contributed by atoms with Gasteiger partial charge in [0, 0.05) is 16.6 Å². The average Bonchev–Trinajstić information content (AvgIpc) is 3.27. The first-order chi connectivity index (χ1) is 16.4. The molecule has 2 aromatic heterocycles. The molecule has 2 aromatic carbocycles. The van der Waals surface area contributed by atoms with Crippen LogP contribution in [0.1, 0.15) is 50.3 Å². The molecule has 0 saturated carbocycles. The van der Waals surface area contributed by atoms with E-state index in [1.165, 1.54) is 28.7 Å². The molecule has 0 fully saturated rings. The van der Waals surface area contributed by atoms with Gasteiger partial charge in [0.05, 0.1) is 11.1 Å². The molecular formula is C27H29N3O2S2. The highest BCUT2D eigenvalue weighted by atomic mass is 32.2. The van der Waals surface area contributed by atoms with Crippen molar-refractivity contribution >= 4 is 44.9 Å². The highest BCUT2D eigenvalue weighted by Crippen LogP contribution is 2.32. The van der Waals surface area contributed by atoms with Crippen LogP contribution < -0.4 is 10.9 Å². The van der Waals surface area contributed by atoms with E-state index in [4.69, 9.17) is 0 Å². The standard InChI is InChI=1S/C27H29N3O2S2/c1-5-17-8-7-9-18(6-2)24(17)28-22(31)15-34-27-29-25(32)23-21(14-33-26(23)30-27)20-12-10-19(11-13-20)16(3)4/h7-14,16H,5-6,15H2,1-4H3,(H,28,31)(H,29,30,32). The van der Waals surface area contributed by atoms with E-state index < -0.39 is 0 Å². The summed E-state index contributed by atoms with van der Waals surface area (Å²) in [4.78, 5) is 33.8. The van der Waals surface area contributed by atoms with Crippen LogP contribution in [-0.2, 0) is 17.6 Å². The van der Waals surface area contributed by atoms with E-state index in [2.05, 4.69) is 67.2 Å². The quantitative estimate of drug-likeness (QED) is 0.214. The van der Waals surface area contributed by atoms with Gasteiger partial charge in [-0.2, -0.15) is 0 Å². The van der Waals surface area contributed by atoms with Gasteiger partial charge in [-0.25, -0.2) is 4.98 Å². The Morgan fingerprint density at radius 2 is 1.76 bits per heavy atom. The molecule has 0 radical (unpaired) electrons. The third kappa shape index (κ3) is 5.10. The second-order valence-electron chi connectivity index (χ2n) is 8.47. The van der Waals surface area contributed by atoms with Gasteiger partial charge in [-0.15, -0.1) is 11.3 Å². The first-order valence-corrected chi connectivity index (χ1v) is 13.4. The monoisotopic (exact) mass is 491 g/mol. The van der Waals surface area contributed by atoms with Gasteiger partial charge in [-0.1, -0.05) is 81.9 Å². The molecule has 0 spiro atoms. The summed E-state index contributed by atoms with van der Waals surface area (Å²) in [6.07, 6.45) is 1.70. The van der Waals surface area contributed by atoms with E-state index in [-0.39, 0.29) is 17.2 Å². The molecule has 0 unspecified atom stereocenters. The molecule has 0 aliphatic heterocycles. The fraction of sp³-hybridized carbons (Fsp3) is 0.296. The number of H-pyrrole nitrogens is 1. The lowest BCUT2D eigenvalue weighted by atomic mass is 9.99. The van der Waals surface area contributed by atoms with Crippen molar-refractivity contribution < 1.29 is 4.79 Å². The van der Waals surface area contributed by atoms with Crippen molar-refractivity contribution in [2.75, 3.05) is 11.1 Å². The maximum Gasteiger partial charge on any atom is 0.260 e. The van der Waals surface area contributed by atoms with Gasteiger partial charge in [0.1, 0.15) is 4.83 Å². The second kappa shape index (κ2) is 10.6. The Kier molecular flexibility index (Phi) is 7.54. The van der Waals surface area contributed by atoms with Crippen LogP contribution in [0.2, 0.25) is 0 Å². The number of fused-ring (bicyclic) bond motifs is 1. The van der Waals surface area contributed by atoms with Gasteiger partial charge in [0.15, 0.2) is 5.16 Å². The summed E-state index contributed by atoms with van der Waals surface area (Å²) in [5.41, 5.74) is 6.13. The number of nitrogens with one attached hydrogen (secondary N) is 2. The lowest BCUT2D eigenvalue weighted by molar-refractivity contribution is -0.113. The Morgan fingerprint density at radius 3 is 2.38 bits per heavy atom. The van der Waals surface area contributed by atoms with Crippen LogP contribution in [0.5, 0.6) is 0 Å². The van der Waals surface area contributed by atoms with Crippen LogP contribution in [0.25, 0.3) is 21.3 Å². The Bertz CT molecular complexity index is 1350. The number of aromatic nitrogens is 2. The van der Waals surface area contributed by atoms with Gasteiger partial charge < -0.3 is 10.3 Å². The largest absolute Gasteiger partial charge is 0.325 e. The summed E-state index contributed by atoms with van der Waals surface area (Å²) >= 11 is 2.69. The highest BCUT2D eigenvalue weighted by Gasteiger charge is 2.15. The zero-order valence-electron chi connectivity index (χ0n) is 19.9. The number of nitrogens with zero attached hydrogens (tertiary/aromatic N) is 1. The number of hydrogen-bond donors (Lipinski definition) is 2. The normalized spacial score (nSPS) is 11.3.